The van der Waals surface area contributed by atoms with Crippen molar-refractivity contribution in [1.82, 2.24) is 0 Å². The molecule has 108 valence electrons. The third-order valence-electron chi connectivity index (χ3n) is 3.00. The second-order valence-electron chi connectivity index (χ2n) is 4.41. The number of nitrogens with two attached hydrogens (primary N) is 1. The lowest BCUT2D eigenvalue weighted by molar-refractivity contribution is 0.102. The number of benzene rings is 2. The second kappa shape index (κ2) is 5.32. The third-order valence-corrected chi connectivity index (χ3v) is 3.67. The van der Waals surface area contributed by atoms with Gasteiger partial charge in [-0.3, -0.25) is 4.79 Å². The first-order chi connectivity index (χ1) is 10.0. The zero-order valence-electron chi connectivity index (χ0n) is 10.7. The van der Waals surface area contributed by atoms with Crippen LogP contribution in [0.25, 0.3) is 0 Å². The number of carbonyl (C=O) groups excluding carboxylic acids is 1. The van der Waals surface area contributed by atoms with Crippen molar-refractivity contribution in [2.24, 2.45) is 0 Å². The van der Waals surface area contributed by atoms with Crippen LogP contribution in [0.3, 0.4) is 0 Å². The van der Waals surface area contributed by atoms with Crippen LogP contribution in [0.5, 0.6) is 17.2 Å². The Bertz CT molecular complexity index is 733. The van der Waals surface area contributed by atoms with Crippen LogP contribution in [0.15, 0.2) is 30.3 Å². The number of halogens is 1. The number of phenolic OH excluding ortho intramolecular Hbond substituents is 1. The van der Waals surface area contributed by atoms with Gasteiger partial charge in [0.25, 0.3) is 5.91 Å². The Balaban J connectivity index is 1.90. The lowest BCUT2D eigenvalue weighted by Crippen LogP contribution is -2.13. The van der Waals surface area contributed by atoms with Crippen LogP contribution < -0.4 is 20.5 Å². The summed E-state index contributed by atoms with van der Waals surface area (Å²) >= 11 is 2.06. The minimum Gasteiger partial charge on any atom is -0.507 e. The van der Waals surface area contributed by atoms with E-state index < -0.39 is 5.91 Å². The molecule has 6 nitrogen and oxygen atoms in total. The van der Waals surface area contributed by atoms with E-state index in [1.54, 1.807) is 24.3 Å². The van der Waals surface area contributed by atoms with E-state index in [1.807, 2.05) is 0 Å². The zero-order valence-corrected chi connectivity index (χ0v) is 12.9. The number of carbonyl (C=O) groups is 1. The topological polar surface area (TPSA) is 93.8 Å². The van der Waals surface area contributed by atoms with Crippen molar-refractivity contribution in [2.75, 3.05) is 17.8 Å². The Morgan fingerprint density at radius 3 is 2.71 bits per heavy atom. The van der Waals surface area contributed by atoms with E-state index in [1.165, 1.54) is 6.07 Å². The molecule has 1 heterocycles. The Hall–Kier alpha value is -2.16. The smallest absolute Gasteiger partial charge is 0.259 e. The molecule has 0 bridgehead atoms. The maximum Gasteiger partial charge on any atom is 0.259 e. The lowest BCUT2D eigenvalue weighted by Gasteiger charge is -2.10. The van der Waals surface area contributed by atoms with Gasteiger partial charge < -0.3 is 25.6 Å². The fourth-order valence-electron chi connectivity index (χ4n) is 1.95. The van der Waals surface area contributed by atoms with E-state index in [9.17, 15) is 9.90 Å². The molecule has 0 spiro atoms. The van der Waals surface area contributed by atoms with E-state index >= 15 is 0 Å². The van der Waals surface area contributed by atoms with Gasteiger partial charge >= 0.3 is 0 Å². The average molecular weight is 398 g/mol. The molecule has 3 rings (SSSR count). The maximum absolute atomic E-state index is 12.2. The minimum absolute atomic E-state index is 0.0905. The van der Waals surface area contributed by atoms with Gasteiger partial charge in [0.1, 0.15) is 5.75 Å². The third kappa shape index (κ3) is 2.68. The van der Waals surface area contributed by atoms with Crippen molar-refractivity contribution >= 4 is 39.9 Å². The first-order valence-corrected chi connectivity index (χ1v) is 7.11. The number of nitrogens with one attached hydrogen (secondary N) is 1. The van der Waals surface area contributed by atoms with Gasteiger partial charge in [0.2, 0.25) is 6.79 Å². The van der Waals surface area contributed by atoms with Gasteiger partial charge in [0, 0.05) is 15.7 Å². The minimum atomic E-state index is -0.448. The Morgan fingerprint density at radius 2 is 1.95 bits per heavy atom. The number of amides is 1. The van der Waals surface area contributed by atoms with Gasteiger partial charge in [-0.1, -0.05) is 0 Å². The molecule has 1 amide bonds. The number of hydrogen-bond acceptors (Lipinski definition) is 5. The number of aromatic hydroxyl groups is 1. The summed E-state index contributed by atoms with van der Waals surface area (Å²) in [5, 5.41) is 12.4. The Morgan fingerprint density at radius 1 is 1.24 bits per heavy atom. The molecule has 2 aromatic rings. The van der Waals surface area contributed by atoms with Gasteiger partial charge in [0.15, 0.2) is 11.5 Å². The van der Waals surface area contributed by atoms with E-state index in [-0.39, 0.29) is 18.1 Å². The highest BCUT2D eigenvalue weighted by atomic mass is 127. The number of phenols is 1. The van der Waals surface area contributed by atoms with E-state index in [0.717, 1.165) is 3.57 Å². The predicted octanol–water partition coefficient (Wildman–Crippen LogP) is 2.56. The normalized spacial score (nSPS) is 12.2. The molecule has 2 aromatic carbocycles. The van der Waals surface area contributed by atoms with Gasteiger partial charge in [-0.15, -0.1) is 0 Å². The number of ether oxygens (including phenoxy) is 2. The van der Waals surface area contributed by atoms with Crippen molar-refractivity contribution in [3.8, 4) is 17.2 Å². The van der Waals surface area contributed by atoms with Crippen molar-refractivity contribution in [3.63, 3.8) is 0 Å². The fraction of sp³-hybridized carbons (Fsp3) is 0.0714. The molecule has 0 aromatic heterocycles. The molecule has 0 radical (unpaired) electrons. The molecule has 0 fully saturated rings. The van der Waals surface area contributed by atoms with Crippen molar-refractivity contribution < 1.29 is 19.4 Å². The lowest BCUT2D eigenvalue weighted by atomic mass is 10.1. The standard InChI is InChI=1S/C14H11IN2O4/c15-7-1-2-11(18)8(3-7)14(19)17-10-5-13-12(4-9(10)16)20-6-21-13/h1-5,18H,6,16H2,(H,17,19). The molecular formula is C14H11IN2O4. The quantitative estimate of drug-likeness (QED) is 0.534. The second-order valence-corrected chi connectivity index (χ2v) is 5.65. The monoisotopic (exact) mass is 398 g/mol. The highest BCUT2D eigenvalue weighted by Gasteiger charge is 2.18. The van der Waals surface area contributed by atoms with Crippen LogP contribution in [0.2, 0.25) is 0 Å². The number of rotatable bonds is 2. The highest BCUT2D eigenvalue weighted by molar-refractivity contribution is 14.1. The van der Waals surface area contributed by atoms with Crippen LogP contribution in [0.4, 0.5) is 11.4 Å². The van der Waals surface area contributed by atoms with E-state index in [4.69, 9.17) is 15.2 Å². The summed E-state index contributed by atoms with van der Waals surface area (Å²) < 4.78 is 11.3. The molecule has 7 heteroatoms. The van der Waals surface area contributed by atoms with Crippen LogP contribution in [0.1, 0.15) is 10.4 Å². The highest BCUT2D eigenvalue weighted by Crippen LogP contribution is 2.38. The molecule has 1 aliphatic heterocycles. The first kappa shape index (κ1) is 13.8. The summed E-state index contributed by atoms with van der Waals surface area (Å²) in [4.78, 5) is 12.2. The van der Waals surface area contributed by atoms with Crippen LogP contribution in [-0.2, 0) is 0 Å². The molecule has 1 aliphatic rings. The number of hydrogen-bond donors (Lipinski definition) is 3. The van der Waals surface area contributed by atoms with E-state index in [2.05, 4.69) is 27.9 Å². The van der Waals surface area contributed by atoms with Crippen LogP contribution in [0, 0.1) is 3.57 Å². The first-order valence-electron chi connectivity index (χ1n) is 6.03. The molecule has 0 unspecified atom stereocenters. The summed E-state index contributed by atoms with van der Waals surface area (Å²) in [7, 11) is 0. The number of anilines is 2. The van der Waals surface area contributed by atoms with Crippen molar-refractivity contribution in [3.05, 3.63) is 39.5 Å². The van der Waals surface area contributed by atoms with Crippen molar-refractivity contribution in [2.45, 2.75) is 0 Å². The number of nitrogen functional groups attached to an aromatic ring is 1. The SMILES string of the molecule is Nc1cc2c(cc1NC(=O)c1cc(I)ccc1O)OCO2. The summed E-state index contributed by atoms with van der Waals surface area (Å²) in [6.07, 6.45) is 0. The molecule has 0 saturated carbocycles. The van der Waals surface area contributed by atoms with Crippen LogP contribution in [-0.4, -0.2) is 17.8 Å². The summed E-state index contributed by atoms with van der Waals surface area (Å²) in [5.41, 5.74) is 6.82. The summed E-state index contributed by atoms with van der Waals surface area (Å²) in [5.74, 6) is 0.526. The Labute approximate surface area is 134 Å². The zero-order chi connectivity index (χ0) is 15.0. The molecule has 4 N–H and O–H groups in total. The molecular weight excluding hydrogens is 387 g/mol. The number of fused-ring (bicyclic) bond motifs is 1. The van der Waals surface area contributed by atoms with Gasteiger partial charge in [-0.2, -0.15) is 0 Å². The van der Waals surface area contributed by atoms with Gasteiger partial charge in [0.05, 0.1) is 16.9 Å². The fourth-order valence-corrected chi connectivity index (χ4v) is 2.44. The maximum atomic E-state index is 12.2. The van der Waals surface area contributed by atoms with Crippen molar-refractivity contribution in [1.29, 1.82) is 0 Å². The van der Waals surface area contributed by atoms with E-state index in [0.29, 0.717) is 22.9 Å². The predicted molar refractivity (Wildman–Crippen MR) is 85.8 cm³/mol. The Kier molecular flexibility index (Phi) is 3.50. The molecule has 0 atom stereocenters. The molecule has 21 heavy (non-hydrogen) atoms. The van der Waals surface area contributed by atoms with Gasteiger partial charge in [-0.25, -0.2) is 0 Å². The largest absolute Gasteiger partial charge is 0.507 e. The molecule has 0 saturated heterocycles. The summed E-state index contributed by atoms with van der Waals surface area (Å²) in [6.45, 7) is 0.129. The van der Waals surface area contributed by atoms with Gasteiger partial charge in [-0.05, 0) is 40.8 Å². The average Bonchev–Trinajstić information content (AvgIpc) is 2.88. The summed E-state index contributed by atoms with van der Waals surface area (Å²) in [6, 6.07) is 7.96. The van der Waals surface area contributed by atoms with Crippen LogP contribution >= 0.6 is 22.6 Å². The molecule has 0 aliphatic carbocycles.